The van der Waals surface area contributed by atoms with Gasteiger partial charge in [-0.1, -0.05) is 6.42 Å². The van der Waals surface area contributed by atoms with Gasteiger partial charge in [0, 0.05) is 44.7 Å². The lowest BCUT2D eigenvalue weighted by molar-refractivity contribution is -0.121. The highest BCUT2D eigenvalue weighted by Gasteiger charge is 2.47. The Morgan fingerprint density at radius 2 is 2.00 bits per heavy atom. The molecule has 3 N–H and O–H groups in total. The monoisotopic (exact) mass is 344 g/mol. The van der Waals surface area contributed by atoms with Crippen molar-refractivity contribution >= 4 is 16.1 Å². The SMILES string of the molecule is NCCC(=O)NCC1CCCCN1S(=O)(=O)N1CC2CCC1C2. The minimum Gasteiger partial charge on any atom is -0.354 e. The van der Waals surface area contributed by atoms with Gasteiger partial charge in [0.2, 0.25) is 5.91 Å². The van der Waals surface area contributed by atoms with Crippen molar-refractivity contribution in [2.75, 3.05) is 26.2 Å². The smallest absolute Gasteiger partial charge is 0.282 e. The van der Waals surface area contributed by atoms with Crippen molar-refractivity contribution in [2.45, 2.75) is 57.0 Å². The van der Waals surface area contributed by atoms with Crippen LogP contribution in [0.3, 0.4) is 0 Å². The van der Waals surface area contributed by atoms with E-state index in [4.69, 9.17) is 5.73 Å². The van der Waals surface area contributed by atoms with Gasteiger partial charge in [0.15, 0.2) is 0 Å². The van der Waals surface area contributed by atoms with Gasteiger partial charge in [-0.25, -0.2) is 0 Å². The average Bonchev–Trinajstić information content (AvgIpc) is 3.17. The van der Waals surface area contributed by atoms with Crippen LogP contribution in [0.5, 0.6) is 0 Å². The molecule has 0 aromatic rings. The Hall–Kier alpha value is -0.700. The number of piperidine rings is 2. The van der Waals surface area contributed by atoms with Crippen LogP contribution in [0.1, 0.15) is 44.9 Å². The highest BCUT2D eigenvalue weighted by Crippen LogP contribution is 2.40. The normalized spacial score (nSPS) is 32.3. The van der Waals surface area contributed by atoms with Gasteiger partial charge in [0.25, 0.3) is 10.2 Å². The molecular formula is C15H28N4O3S. The van der Waals surface area contributed by atoms with Crippen molar-refractivity contribution < 1.29 is 13.2 Å². The number of fused-ring (bicyclic) bond motifs is 2. The van der Waals surface area contributed by atoms with Crippen molar-refractivity contribution in [3.8, 4) is 0 Å². The summed E-state index contributed by atoms with van der Waals surface area (Å²) >= 11 is 0. The molecule has 8 heteroatoms. The Labute approximate surface area is 138 Å². The van der Waals surface area contributed by atoms with Gasteiger partial charge in [0.1, 0.15) is 0 Å². The number of carbonyl (C=O) groups excluding carboxylic acids is 1. The maximum absolute atomic E-state index is 13.1. The molecule has 7 nitrogen and oxygen atoms in total. The molecular weight excluding hydrogens is 316 g/mol. The molecule has 1 saturated carbocycles. The molecule has 2 bridgehead atoms. The van der Waals surface area contributed by atoms with E-state index >= 15 is 0 Å². The molecule has 1 aliphatic carbocycles. The number of hydrogen-bond acceptors (Lipinski definition) is 4. The van der Waals surface area contributed by atoms with E-state index in [1.54, 1.807) is 8.61 Å². The molecule has 3 unspecified atom stereocenters. The number of nitrogens with one attached hydrogen (secondary N) is 1. The zero-order valence-corrected chi connectivity index (χ0v) is 14.4. The van der Waals surface area contributed by atoms with E-state index in [0.717, 1.165) is 38.5 Å². The van der Waals surface area contributed by atoms with Gasteiger partial charge >= 0.3 is 0 Å². The first kappa shape index (κ1) is 17.1. The van der Waals surface area contributed by atoms with Crippen LogP contribution in [0.4, 0.5) is 0 Å². The van der Waals surface area contributed by atoms with Crippen molar-refractivity contribution in [2.24, 2.45) is 11.7 Å². The highest BCUT2D eigenvalue weighted by atomic mass is 32.2. The summed E-state index contributed by atoms with van der Waals surface area (Å²) in [4.78, 5) is 11.6. The molecule has 0 radical (unpaired) electrons. The predicted octanol–water partition coefficient (Wildman–Crippen LogP) is 0.0350. The summed E-state index contributed by atoms with van der Waals surface area (Å²) in [5, 5.41) is 2.84. The summed E-state index contributed by atoms with van der Waals surface area (Å²) in [5.41, 5.74) is 5.38. The standard InChI is InChI=1S/C15H28N4O3S/c16-7-6-15(20)17-10-14-3-1-2-8-18(14)23(21,22)19-11-12-4-5-13(19)9-12/h12-14H,1-11,16H2,(H,17,20). The van der Waals surface area contributed by atoms with Gasteiger partial charge in [0.05, 0.1) is 0 Å². The number of amides is 1. The maximum atomic E-state index is 13.1. The van der Waals surface area contributed by atoms with Gasteiger partial charge in [-0.2, -0.15) is 17.0 Å². The molecule has 2 heterocycles. The van der Waals surface area contributed by atoms with Crippen molar-refractivity contribution in [1.29, 1.82) is 0 Å². The third-order valence-electron chi connectivity index (χ3n) is 5.43. The Bertz CT molecular complexity index is 539. The van der Waals surface area contributed by atoms with Crippen LogP contribution in [0, 0.1) is 5.92 Å². The number of nitrogens with zero attached hydrogens (tertiary/aromatic N) is 2. The van der Waals surface area contributed by atoms with E-state index in [2.05, 4.69) is 5.32 Å². The van der Waals surface area contributed by atoms with Crippen LogP contribution in [0.2, 0.25) is 0 Å². The lowest BCUT2D eigenvalue weighted by Crippen LogP contribution is -2.55. The van der Waals surface area contributed by atoms with Gasteiger partial charge in [-0.15, -0.1) is 0 Å². The second-order valence-corrected chi connectivity index (χ2v) is 8.85. The van der Waals surface area contributed by atoms with Crippen LogP contribution in [0.25, 0.3) is 0 Å². The second-order valence-electron chi connectivity index (χ2n) is 7.01. The molecule has 0 aromatic heterocycles. The number of nitrogens with two attached hydrogens (primary N) is 1. The van der Waals surface area contributed by atoms with E-state index in [1.807, 2.05) is 0 Å². The molecule has 3 fully saturated rings. The van der Waals surface area contributed by atoms with Crippen LogP contribution in [-0.2, 0) is 15.0 Å². The molecule has 3 aliphatic rings. The summed E-state index contributed by atoms with van der Waals surface area (Å²) < 4.78 is 29.5. The minimum absolute atomic E-state index is 0.101. The van der Waals surface area contributed by atoms with Crippen LogP contribution >= 0.6 is 0 Å². The zero-order chi connectivity index (χ0) is 16.4. The first-order chi connectivity index (χ1) is 11.0. The highest BCUT2D eigenvalue weighted by molar-refractivity contribution is 7.86. The lowest BCUT2D eigenvalue weighted by Gasteiger charge is -2.39. The molecule has 3 rings (SSSR count). The number of carbonyl (C=O) groups is 1. The molecule has 23 heavy (non-hydrogen) atoms. The fraction of sp³-hybridized carbons (Fsp3) is 0.933. The van der Waals surface area contributed by atoms with Crippen LogP contribution < -0.4 is 11.1 Å². The first-order valence-corrected chi connectivity index (χ1v) is 10.2. The fourth-order valence-corrected chi connectivity index (χ4v) is 6.38. The summed E-state index contributed by atoms with van der Waals surface area (Å²) in [6, 6.07) is 0.0639. The zero-order valence-electron chi connectivity index (χ0n) is 13.6. The molecule has 3 atom stereocenters. The summed E-state index contributed by atoms with van der Waals surface area (Å²) in [7, 11) is -3.41. The molecule has 1 amide bonds. The largest absolute Gasteiger partial charge is 0.354 e. The van der Waals surface area contributed by atoms with Crippen LogP contribution in [0.15, 0.2) is 0 Å². The predicted molar refractivity (Wildman–Crippen MR) is 87.8 cm³/mol. The number of rotatable bonds is 6. The third kappa shape index (κ3) is 3.55. The third-order valence-corrected chi connectivity index (χ3v) is 7.54. The van der Waals surface area contributed by atoms with E-state index < -0.39 is 10.2 Å². The van der Waals surface area contributed by atoms with E-state index in [1.165, 1.54) is 0 Å². The van der Waals surface area contributed by atoms with Crippen molar-refractivity contribution in [3.05, 3.63) is 0 Å². The van der Waals surface area contributed by atoms with Gasteiger partial charge < -0.3 is 11.1 Å². The molecule has 2 saturated heterocycles. The van der Waals surface area contributed by atoms with Gasteiger partial charge in [-0.3, -0.25) is 4.79 Å². The first-order valence-electron chi connectivity index (χ1n) is 8.77. The van der Waals surface area contributed by atoms with Crippen molar-refractivity contribution in [3.63, 3.8) is 0 Å². The van der Waals surface area contributed by atoms with E-state index in [9.17, 15) is 13.2 Å². The molecule has 0 spiro atoms. The topological polar surface area (TPSA) is 95.7 Å². The van der Waals surface area contributed by atoms with E-state index in [-0.39, 0.29) is 24.4 Å². The Morgan fingerprint density at radius 3 is 2.65 bits per heavy atom. The van der Waals surface area contributed by atoms with Crippen molar-refractivity contribution in [1.82, 2.24) is 13.9 Å². The molecule has 2 aliphatic heterocycles. The van der Waals surface area contributed by atoms with E-state index in [0.29, 0.717) is 32.1 Å². The quantitative estimate of drug-likeness (QED) is 0.711. The summed E-state index contributed by atoms with van der Waals surface area (Å²) in [5.74, 6) is 0.443. The Morgan fingerprint density at radius 1 is 1.17 bits per heavy atom. The summed E-state index contributed by atoms with van der Waals surface area (Å²) in [6.07, 6.45) is 6.18. The Balaban J connectivity index is 1.66. The second kappa shape index (κ2) is 7.04. The molecule has 132 valence electrons. The number of hydrogen-bond donors (Lipinski definition) is 2. The fourth-order valence-electron chi connectivity index (χ4n) is 4.23. The minimum atomic E-state index is -3.41. The molecule has 0 aromatic carbocycles. The lowest BCUT2D eigenvalue weighted by atomic mass is 10.1. The maximum Gasteiger partial charge on any atom is 0.282 e. The van der Waals surface area contributed by atoms with Gasteiger partial charge in [-0.05, 0) is 38.0 Å². The van der Waals surface area contributed by atoms with Crippen LogP contribution in [-0.4, -0.2) is 61.2 Å². The summed E-state index contributed by atoms with van der Waals surface area (Å²) in [6.45, 7) is 1.94. The Kier molecular flexibility index (Phi) is 5.25. The average molecular weight is 344 g/mol.